The van der Waals surface area contributed by atoms with Gasteiger partial charge in [0.25, 0.3) is 0 Å². The summed E-state index contributed by atoms with van der Waals surface area (Å²) in [5.74, 6) is 16.0. The molecule has 0 bridgehead atoms. The van der Waals surface area contributed by atoms with Crippen LogP contribution in [-0.4, -0.2) is 22.6 Å². The molecule has 0 saturated carbocycles. The van der Waals surface area contributed by atoms with E-state index >= 15 is 0 Å². The minimum atomic E-state index is -0.476. The van der Waals surface area contributed by atoms with Crippen LogP contribution in [0.4, 0.5) is 0 Å². The number of rotatable bonds is 0. The molecule has 1 aliphatic heterocycles. The molecule has 0 spiro atoms. The molecule has 54 valence electrons. The van der Waals surface area contributed by atoms with Gasteiger partial charge < -0.3 is 0 Å². The first-order valence-electron chi connectivity index (χ1n) is 2.70. The highest BCUT2D eigenvalue weighted by atomic mass is 16.9. The third-order valence-corrected chi connectivity index (χ3v) is 1.38. The Bertz CT molecular complexity index is 115. The van der Waals surface area contributed by atoms with Gasteiger partial charge in [-0.05, 0) is 16.7 Å². The molecule has 1 atom stereocenters. The molecule has 1 aliphatic rings. The molecule has 0 aromatic heterocycles. The maximum atomic E-state index is 5.38. The second kappa shape index (κ2) is 1.87. The highest BCUT2D eigenvalue weighted by Crippen LogP contribution is 2.10. The maximum Gasteiger partial charge on any atom is 0.174 e. The Morgan fingerprint density at radius 2 is 2.22 bits per heavy atom. The molecular weight excluding hydrogens is 122 g/mol. The lowest BCUT2D eigenvalue weighted by Gasteiger charge is -2.18. The minimum absolute atomic E-state index is 0.00926. The molecule has 1 saturated heterocycles. The Balaban J connectivity index is 2.58. The number of hydroxylamine groups is 2. The van der Waals surface area contributed by atoms with Gasteiger partial charge in [-0.15, -0.1) is 11.7 Å². The summed E-state index contributed by atoms with van der Waals surface area (Å²) in [6, 6.07) is 0.00926. The van der Waals surface area contributed by atoms with Crippen molar-refractivity contribution < 1.29 is 9.80 Å². The van der Waals surface area contributed by atoms with Crippen molar-refractivity contribution in [3.8, 4) is 0 Å². The van der Waals surface area contributed by atoms with Gasteiger partial charge in [-0.25, -0.2) is 5.84 Å². The van der Waals surface area contributed by atoms with Crippen molar-refractivity contribution in [3.63, 3.8) is 0 Å². The van der Waals surface area contributed by atoms with E-state index in [1.165, 1.54) is 0 Å². The largest absolute Gasteiger partial charge is 0.240 e. The van der Waals surface area contributed by atoms with Crippen LogP contribution in [0.2, 0.25) is 0 Å². The van der Waals surface area contributed by atoms with E-state index in [0.29, 0.717) is 6.54 Å². The van der Waals surface area contributed by atoms with Crippen LogP contribution >= 0.6 is 0 Å². The van der Waals surface area contributed by atoms with E-state index in [2.05, 4.69) is 0 Å². The van der Waals surface area contributed by atoms with Crippen LogP contribution in [0.5, 0.6) is 0 Å². The van der Waals surface area contributed by atoms with Crippen LogP contribution in [0.15, 0.2) is 0 Å². The molecule has 6 nitrogen and oxygen atoms in total. The molecule has 1 fully saturated rings. The predicted octanol–water partition coefficient (Wildman–Crippen LogP) is -2.02. The summed E-state index contributed by atoms with van der Waals surface area (Å²) in [4.78, 5) is 4.29. The van der Waals surface area contributed by atoms with Crippen molar-refractivity contribution in [1.82, 2.24) is 5.17 Å². The molecule has 9 heavy (non-hydrogen) atoms. The molecule has 1 rings (SSSR count). The monoisotopic (exact) mass is 134 g/mol. The second-order valence-corrected chi connectivity index (χ2v) is 2.29. The Labute approximate surface area is 53.1 Å². The van der Waals surface area contributed by atoms with Crippen molar-refractivity contribution in [2.75, 3.05) is 6.54 Å². The fourth-order valence-corrected chi connectivity index (χ4v) is 0.683. The number of quaternary nitrogens is 1. The van der Waals surface area contributed by atoms with E-state index in [0.717, 1.165) is 5.17 Å². The molecule has 6 heteroatoms. The van der Waals surface area contributed by atoms with E-state index < -0.39 is 4.86 Å². The third-order valence-electron chi connectivity index (χ3n) is 1.38. The molecule has 1 unspecified atom stereocenters. The number of nitrogens with zero attached hydrogens (tertiary/aromatic N) is 2. The van der Waals surface area contributed by atoms with Gasteiger partial charge in [0.05, 0.1) is 0 Å². The summed E-state index contributed by atoms with van der Waals surface area (Å²) in [7, 11) is 0. The highest BCUT2D eigenvalue weighted by Gasteiger charge is 2.40. The smallest absolute Gasteiger partial charge is 0.174 e. The first-order valence-corrected chi connectivity index (χ1v) is 2.70. The van der Waals surface area contributed by atoms with Crippen LogP contribution in [0.3, 0.4) is 0 Å². The summed E-state index contributed by atoms with van der Waals surface area (Å²) < 4.78 is 0. The Morgan fingerprint density at radius 3 is 2.33 bits per heavy atom. The van der Waals surface area contributed by atoms with Crippen molar-refractivity contribution in [1.29, 1.82) is 0 Å². The standard InChI is InChI=1S/C3H12N5O/c1-3-2-7(4)9-8(3,5)6/h3H,2,4-6H2,1H3/q+1. The first kappa shape index (κ1) is 6.87. The van der Waals surface area contributed by atoms with Gasteiger partial charge in [0.1, 0.15) is 6.54 Å². The van der Waals surface area contributed by atoms with E-state index in [-0.39, 0.29) is 6.04 Å². The highest BCUT2D eigenvalue weighted by molar-refractivity contribution is 4.49. The molecule has 1 heterocycles. The van der Waals surface area contributed by atoms with Crippen molar-refractivity contribution in [3.05, 3.63) is 0 Å². The second-order valence-electron chi connectivity index (χ2n) is 2.29. The average molecular weight is 134 g/mol. The normalized spacial score (nSPS) is 35.3. The molecule has 0 amide bonds. The van der Waals surface area contributed by atoms with Gasteiger partial charge in [0.2, 0.25) is 0 Å². The van der Waals surface area contributed by atoms with Gasteiger partial charge in [0.15, 0.2) is 6.04 Å². The van der Waals surface area contributed by atoms with Crippen LogP contribution in [0.1, 0.15) is 6.92 Å². The Morgan fingerprint density at radius 1 is 1.67 bits per heavy atom. The molecule has 6 N–H and O–H groups in total. The number of nitrogens with two attached hydrogens (primary N) is 3. The summed E-state index contributed by atoms with van der Waals surface area (Å²) in [5.41, 5.74) is 0. The number of hydrazine groups is 1. The van der Waals surface area contributed by atoms with E-state index in [1.807, 2.05) is 6.92 Å². The Hall–Kier alpha value is -0.240. The zero-order valence-corrected chi connectivity index (χ0v) is 5.32. The summed E-state index contributed by atoms with van der Waals surface area (Å²) in [5, 5.41) is 1.13. The summed E-state index contributed by atoms with van der Waals surface area (Å²) in [6.07, 6.45) is 0. The fourth-order valence-electron chi connectivity index (χ4n) is 0.683. The molecule has 0 radical (unpaired) electrons. The van der Waals surface area contributed by atoms with Gasteiger partial charge in [0, 0.05) is 0 Å². The number of hydrogen-bond donors (Lipinski definition) is 3. The van der Waals surface area contributed by atoms with Gasteiger partial charge in [-0.2, -0.15) is 0 Å². The average Bonchev–Trinajstić information content (AvgIpc) is 1.79. The fraction of sp³-hybridized carbons (Fsp3) is 1.00. The maximum absolute atomic E-state index is 5.38. The van der Waals surface area contributed by atoms with E-state index in [1.54, 1.807) is 0 Å². The molecule has 0 aromatic rings. The third kappa shape index (κ3) is 1.18. The summed E-state index contributed by atoms with van der Waals surface area (Å²) in [6.45, 7) is 2.40. The van der Waals surface area contributed by atoms with Crippen LogP contribution < -0.4 is 17.5 Å². The zero-order chi connectivity index (χ0) is 7.07. The SMILES string of the molecule is CC1CN(N)O[N+]1(N)N. The lowest BCUT2D eigenvalue weighted by Crippen LogP contribution is -2.62. The molecular formula is C3H12N5O+. The van der Waals surface area contributed by atoms with E-state index in [9.17, 15) is 0 Å². The Kier molecular flexibility index (Phi) is 1.43. The predicted molar refractivity (Wildman–Crippen MR) is 30.1 cm³/mol. The van der Waals surface area contributed by atoms with Gasteiger partial charge >= 0.3 is 0 Å². The van der Waals surface area contributed by atoms with Gasteiger partial charge in [-0.3, -0.25) is 0 Å². The molecule has 0 aromatic carbocycles. The van der Waals surface area contributed by atoms with Crippen LogP contribution in [0.25, 0.3) is 0 Å². The van der Waals surface area contributed by atoms with Crippen molar-refractivity contribution in [2.24, 2.45) is 17.5 Å². The van der Waals surface area contributed by atoms with E-state index in [4.69, 9.17) is 22.5 Å². The zero-order valence-electron chi connectivity index (χ0n) is 5.32. The van der Waals surface area contributed by atoms with Gasteiger partial charge in [-0.1, -0.05) is 5.17 Å². The van der Waals surface area contributed by atoms with Crippen LogP contribution in [0, 0.1) is 0 Å². The van der Waals surface area contributed by atoms with Crippen molar-refractivity contribution in [2.45, 2.75) is 13.0 Å². The lowest BCUT2D eigenvalue weighted by atomic mass is 10.4. The van der Waals surface area contributed by atoms with Crippen molar-refractivity contribution >= 4 is 0 Å². The molecule has 0 aliphatic carbocycles. The lowest BCUT2D eigenvalue weighted by molar-refractivity contribution is -1.14. The first-order chi connectivity index (χ1) is 4.02. The minimum Gasteiger partial charge on any atom is -0.240 e. The quantitative estimate of drug-likeness (QED) is 0.263. The summed E-state index contributed by atoms with van der Waals surface area (Å²) >= 11 is 0. The topological polar surface area (TPSA) is 90.5 Å². The number of hydrogen-bond acceptors (Lipinski definition) is 5. The van der Waals surface area contributed by atoms with Crippen LogP contribution in [-0.2, 0) is 4.94 Å².